The third-order valence-electron chi connectivity index (χ3n) is 3.28. The zero-order valence-electron chi connectivity index (χ0n) is 12.7. The van der Waals surface area contributed by atoms with Crippen LogP contribution in [0.4, 0.5) is 5.82 Å². The van der Waals surface area contributed by atoms with E-state index in [0.29, 0.717) is 11.5 Å². The fourth-order valence-electron chi connectivity index (χ4n) is 2.13. The minimum Gasteiger partial charge on any atom is -0.382 e. The highest BCUT2D eigenvalue weighted by molar-refractivity contribution is 7.21. The van der Waals surface area contributed by atoms with E-state index >= 15 is 0 Å². The highest BCUT2D eigenvalue weighted by atomic mass is 32.1. The number of aromatic nitrogens is 3. The molecule has 0 aliphatic rings. The Bertz CT molecular complexity index is 889. The Labute approximate surface area is 138 Å². The molecule has 0 bridgehead atoms. The second kappa shape index (κ2) is 6.54. The molecule has 0 radical (unpaired) electrons. The lowest BCUT2D eigenvalue weighted by molar-refractivity contribution is 1.18. The van der Waals surface area contributed by atoms with Crippen LogP contribution < -0.4 is 5.73 Å². The predicted molar refractivity (Wildman–Crippen MR) is 98.0 cm³/mol. The predicted octanol–water partition coefficient (Wildman–Crippen LogP) is 4.48. The second-order valence-corrected chi connectivity index (χ2v) is 5.86. The zero-order valence-corrected chi connectivity index (χ0v) is 13.5. The Morgan fingerprint density at radius 1 is 1.26 bits per heavy atom. The number of nitrogens with two attached hydrogens (primary N) is 1. The average Bonchev–Trinajstić information content (AvgIpc) is 3.00. The molecule has 5 heteroatoms. The summed E-state index contributed by atoms with van der Waals surface area (Å²) in [6, 6.07) is 7.97. The SMILES string of the molecule is C=C/C(=C\C=C/C)c1cnc(N)c(-c2nc3ccccc3s2)n1. The molecule has 0 saturated carbocycles. The van der Waals surface area contributed by atoms with E-state index in [9.17, 15) is 0 Å². The average molecular weight is 320 g/mol. The first kappa shape index (κ1) is 15.1. The van der Waals surface area contributed by atoms with Crippen LogP contribution in [0.15, 0.2) is 61.3 Å². The number of rotatable bonds is 4. The van der Waals surface area contributed by atoms with Crippen molar-refractivity contribution < 1.29 is 0 Å². The van der Waals surface area contributed by atoms with Gasteiger partial charge in [-0.25, -0.2) is 15.0 Å². The lowest BCUT2D eigenvalue weighted by Gasteiger charge is -2.05. The maximum atomic E-state index is 6.02. The maximum Gasteiger partial charge on any atom is 0.152 e. The molecule has 0 fully saturated rings. The standard InChI is InChI=1S/C18H16N4S/c1-3-5-8-12(4-2)14-11-20-17(19)16(21-14)18-22-13-9-6-7-10-15(13)23-18/h3-11H,2H2,1H3,(H2,19,20)/b5-3-,12-8+. The van der Waals surface area contributed by atoms with Crippen molar-refractivity contribution in [1.29, 1.82) is 0 Å². The molecule has 3 rings (SSSR count). The van der Waals surface area contributed by atoms with Crippen LogP contribution in [-0.4, -0.2) is 15.0 Å². The van der Waals surface area contributed by atoms with E-state index in [4.69, 9.17) is 5.73 Å². The van der Waals surface area contributed by atoms with Crippen molar-refractivity contribution >= 4 is 32.9 Å². The second-order valence-electron chi connectivity index (χ2n) is 4.83. The fourth-order valence-corrected chi connectivity index (χ4v) is 3.09. The van der Waals surface area contributed by atoms with Crippen LogP contribution >= 0.6 is 11.3 Å². The molecule has 0 unspecified atom stereocenters. The molecule has 0 amide bonds. The van der Waals surface area contributed by atoms with Gasteiger partial charge in [-0.1, -0.05) is 43.0 Å². The van der Waals surface area contributed by atoms with Crippen LogP contribution in [0.3, 0.4) is 0 Å². The van der Waals surface area contributed by atoms with E-state index in [0.717, 1.165) is 26.5 Å². The van der Waals surface area contributed by atoms with Crippen molar-refractivity contribution in [2.75, 3.05) is 5.73 Å². The van der Waals surface area contributed by atoms with Crippen LogP contribution in [0.5, 0.6) is 0 Å². The van der Waals surface area contributed by atoms with Gasteiger partial charge in [0, 0.05) is 5.57 Å². The van der Waals surface area contributed by atoms with Gasteiger partial charge in [-0.2, -0.15) is 0 Å². The number of nitrogens with zero attached hydrogens (tertiary/aromatic N) is 3. The lowest BCUT2D eigenvalue weighted by atomic mass is 10.1. The molecular weight excluding hydrogens is 304 g/mol. The summed E-state index contributed by atoms with van der Waals surface area (Å²) in [4.78, 5) is 13.5. The van der Waals surface area contributed by atoms with Gasteiger partial charge in [0.1, 0.15) is 10.7 Å². The van der Waals surface area contributed by atoms with Gasteiger partial charge in [-0.15, -0.1) is 11.3 Å². The molecule has 4 nitrogen and oxygen atoms in total. The van der Waals surface area contributed by atoms with Crippen LogP contribution in [-0.2, 0) is 0 Å². The molecule has 0 atom stereocenters. The van der Waals surface area contributed by atoms with Crippen molar-refractivity contribution in [3.05, 3.63) is 67.0 Å². The van der Waals surface area contributed by atoms with Crippen molar-refractivity contribution in [3.8, 4) is 10.7 Å². The molecule has 2 aromatic heterocycles. The normalized spacial score (nSPS) is 12.1. The molecule has 0 spiro atoms. The van der Waals surface area contributed by atoms with Crippen LogP contribution in [0.1, 0.15) is 12.6 Å². The summed E-state index contributed by atoms with van der Waals surface area (Å²) < 4.78 is 1.10. The number of fused-ring (bicyclic) bond motifs is 1. The highest BCUT2D eigenvalue weighted by Gasteiger charge is 2.13. The van der Waals surface area contributed by atoms with Gasteiger partial charge < -0.3 is 5.73 Å². The smallest absolute Gasteiger partial charge is 0.152 e. The Kier molecular flexibility index (Phi) is 4.30. The van der Waals surface area contributed by atoms with Gasteiger partial charge in [0.05, 0.1) is 22.1 Å². The first-order chi connectivity index (χ1) is 11.2. The molecule has 2 heterocycles. The van der Waals surface area contributed by atoms with Gasteiger partial charge in [0.2, 0.25) is 0 Å². The van der Waals surface area contributed by atoms with Gasteiger partial charge in [-0.3, -0.25) is 0 Å². The van der Waals surface area contributed by atoms with E-state index in [1.165, 1.54) is 0 Å². The number of hydrogen-bond acceptors (Lipinski definition) is 5. The van der Waals surface area contributed by atoms with Crippen molar-refractivity contribution in [1.82, 2.24) is 15.0 Å². The minimum absolute atomic E-state index is 0.377. The largest absolute Gasteiger partial charge is 0.382 e. The molecule has 3 aromatic rings. The summed E-state index contributed by atoms with van der Waals surface area (Å²) in [7, 11) is 0. The number of para-hydroxylation sites is 1. The zero-order chi connectivity index (χ0) is 16.2. The molecule has 114 valence electrons. The molecule has 1 aromatic carbocycles. The Hall–Kier alpha value is -2.79. The van der Waals surface area contributed by atoms with Crippen LogP contribution in [0, 0.1) is 0 Å². The molecule has 0 aliphatic heterocycles. The number of allylic oxidation sites excluding steroid dienone is 5. The van der Waals surface area contributed by atoms with Crippen molar-refractivity contribution in [2.45, 2.75) is 6.92 Å². The minimum atomic E-state index is 0.377. The summed E-state index contributed by atoms with van der Waals surface area (Å²) in [5.74, 6) is 0.377. The van der Waals surface area contributed by atoms with Gasteiger partial charge in [0.25, 0.3) is 0 Å². The van der Waals surface area contributed by atoms with E-state index in [1.807, 2.05) is 49.4 Å². The molecule has 2 N–H and O–H groups in total. The monoisotopic (exact) mass is 320 g/mol. The van der Waals surface area contributed by atoms with Gasteiger partial charge >= 0.3 is 0 Å². The van der Waals surface area contributed by atoms with Crippen molar-refractivity contribution in [3.63, 3.8) is 0 Å². The summed E-state index contributed by atoms with van der Waals surface area (Å²) in [5.41, 5.74) is 9.18. The number of anilines is 1. The highest BCUT2D eigenvalue weighted by Crippen LogP contribution is 2.32. The van der Waals surface area contributed by atoms with E-state index in [1.54, 1.807) is 23.6 Å². The van der Waals surface area contributed by atoms with Gasteiger partial charge in [-0.05, 0) is 19.1 Å². The quantitative estimate of drug-likeness (QED) is 0.720. The first-order valence-electron chi connectivity index (χ1n) is 7.17. The summed E-state index contributed by atoms with van der Waals surface area (Å²) in [5, 5.41) is 0.771. The maximum absolute atomic E-state index is 6.02. The van der Waals surface area contributed by atoms with E-state index in [-0.39, 0.29) is 0 Å². The third kappa shape index (κ3) is 3.05. The van der Waals surface area contributed by atoms with Crippen LogP contribution in [0.25, 0.3) is 26.5 Å². The molecular formula is C18H16N4S. The molecule has 0 saturated heterocycles. The Balaban J connectivity index is 2.12. The summed E-state index contributed by atoms with van der Waals surface area (Å²) in [6.45, 7) is 5.79. The lowest BCUT2D eigenvalue weighted by Crippen LogP contribution is -2.00. The van der Waals surface area contributed by atoms with Crippen molar-refractivity contribution in [2.24, 2.45) is 0 Å². The number of nitrogen functional groups attached to an aromatic ring is 1. The number of hydrogen-bond donors (Lipinski definition) is 1. The first-order valence-corrected chi connectivity index (χ1v) is 7.99. The Morgan fingerprint density at radius 3 is 2.83 bits per heavy atom. The van der Waals surface area contributed by atoms with E-state index < -0.39 is 0 Å². The summed E-state index contributed by atoms with van der Waals surface area (Å²) in [6.07, 6.45) is 9.23. The van der Waals surface area contributed by atoms with E-state index in [2.05, 4.69) is 21.5 Å². The third-order valence-corrected chi connectivity index (χ3v) is 4.32. The molecule has 0 aliphatic carbocycles. The fraction of sp³-hybridized carbons (Fsp3) is 0.0556. The van der Waals surface area contributed by atoms with Crippen LogP contribution in [0.2, 0.25) is 0 Å². The molecule has 23 heavy (non-hydrogen) atoms. The number of thiazole rings is 1. The Morgan fingerprint density at radius 2 is 2.09 bits per heavy atom. The summed E-state index contributed by atoms with van der Waals surface area (Å²) >= 11 is 1.56. The topological polar surface area (TPSA) is 64.7 Å². The van der Waals surface area contributed by atoms with Gasteiger partial charge in [0.15, 0.2) is 5.82 Å². The number of benzene rings is 1.